The van der Waals surface area contributed by atoms with Crippen molar-refractivity contribution >= 4 is 44.1 Å². The largest absolute Gasteiger partial charge is 0.481 e. The number of anilines is 2. The van der Waals surface area contributed by atoms with Crippen molar-refractivity contribution in [2.75, 3.05) is 17.2 Å². The van der Waals surface area contributed by atoms with Crippen LogP contribution >= 0.6 is 11.3 Å². The number of para-hydroxylation sites is 1. The van der Waals surface area contributed by atoms with Gasteiger partial charge in [-0.25, -0.2) is 18.1 Å². The summed E-state index contributed by atoms with van der Waals surface area (Å²) < 4.78 is 28.1. The molecule has 0 aliphatic carbocycles. The second-order valence-corrected chi connectivity index (χ2v) is 10.4. The monoisotopic (exact) mass is 516 g/mol. The van der Waals surface area contributed by atoms with Gasteiger partial charge in [0.05, 0.1) is 17.8 Å². The molecule has 11 heteroatoms. The van der Waals surface area contributed by atoms with E-state index in [-0.39, 0.29) is 17.2 Å². The number of carboxylic acid groups (broad SMARTS) is 1. The molecule has 0 fully saturated rings. The van der Waals surface area contributed by atoms with Crippen molar-refractivity contribution in [1.29, 1.82) is 0 Å². The number of carboxylic acids is 1. The van der Waals surface area contributed by atoms with Crippen LogP contribution in [-0.4, -0.2) is 36.9 Å². The average molecular weight is 517 g/mol. The molecule has 0 atom stereocenters. The molecule has 0 saturated carbocycles. The number of nitrogens with zero attached hydrogens (tertiary/aromatic N) is 1. The number of sulfonamides is 1. The number of hydrogen-bond acceptors (Lipinski definition) is 7. The lowest BCUT2D eigenvalue weighted by atomic mass is 10.1. The van der Waals surface area contributed by atoms with Crippen LogP contribution < -0.4 is 15.4 Å². The molecule has 0 aliphatic heterocycles. The van der Waals surface area contributed by atoms with Crippen LogP contribution in [0.1, 0.15) is 47.8 Å². The van der Waals surface area contributed by atoms with E-state index in [1.807, 2.05) is 0 Å². The first-order chi connectivity index (χ1) is 16.8. The van der Waals surface area contributed by atoms with Gasteiger partial charge in [0, 0.05) is 24.0 Å². The predicted molar refractivity (Wildman–Crippen MR) is 136 cm³/mol. The summed E-state index contributed by atoms with van der Waals surface area (Å²) in [4.78, 5) is 27.5. The summed E-state index contributed by atoms with van der Waals surface area (Å²) in [6.45, 7) is 2.83. The number of thiazole rings is 1. The Morgan fingerprint density at radius 1 is 1.06 bits per heavy atom. The standard InChI is InChI=1S/C24H28N4O5S2/c1-2-3-6-13-26-35(32,33)21-8-5-4-7-20(21)25-15-17-9-11-18(12-10-17)23(31)28-24-27-19(16-34-24)14-22(29)30/h4-5,7-12,16,25-26H,2-3,6,13-15H2,1H3,(H,29,30)(H,27,28,31). The molecule has 0 unspecified atom stereocenters. The van der Waals surface area contributed by atoms with Crippen LogP contribution in [-0.2, 0) is 27.8 Å². The first kappa shape index (κ1) is 26.3. The van der Waals surface area contributed by atoms with Gasteiger partial charge >= 0.3 is 5.97 Å². The third kappa shape index (κ3) is 7.88. The van der Waals surface area contributed by atoms with Crippen molar-refractivity contribution in [3.05, 3.63) is 70.7 Å². The highest BCUT2D eigenvalue weighted by atomic mass is 32.2. The van der Waals surface area contributed by atoms with E-state index in [9.17, 15) is 18.0 Å². The maximum atomic E-state index is 12.7. The molecule has 186 valence electrons. The number of unbranched alkanes of at least 4 members (excludes halogenated alkanes) is 2. The van der Waals surface area contributed by atoms with Crippen molar-refractivity contribution in [2.24, 2.45) is 0 Å². The minimum Gasteiger partial charge on any atom is -0.481 e. The molecule has 4 N–H and O–H groups in total. The third-order valence-corrected chi connectivity index (χ3v) is 7.38. The van der Waals surface area contributed by atoms with Crippen molar-refractivity contribution < 1.29 is 23.1 Å². The molecule has 1 amide bonds. The van der Waals surface area contributed by atoms with Crippen LogP contribution in [0.25, 0.3) is 0 Å². The second kappa shape index (κ2) is 12.4. The highest BCUT2D eigenvalue weighted by Gasteiger charge is 2.17. The quantitative estimate of drug-likeness (QED) is 0.251. The zero-order chi connectivity index (χ0) is 25.3. The van der Waals surface area contributed by atoms with Crippen LogP contribution in [0, 0.1) is 0 Å². The van der Waals surface area contributed by atoms with Crippen molar-refractivity contribution in [2.45, 2.75) is 44.0 Å². The number of carbonyl (C=O) groups excluding carboxylic acids is 1. The molecule has 3 aromatic rings. The lowest BCUT2D eigenvalue weighted by molar-refractivity contribution is -0.136. The van der Waals surface area contributed by atoms with E-state index < -0.39 is 16.0 Å². The van der Waals surface area contributed by atoms with Crippen LogP contribution in [0.15, 0.2) is 58.8 Å². The van der Waals surface area contributed by atoms with Gasteiger partial charge in [0.2, 0.25) is 10.0 Å². The second-order valence-electron chi connectivity index (χ2n) is 7.82. The van der Waals surface area contributed by atoms with Gasteiger partial charge in [-0.15, -0.1) is 11.3 Å². The molecule has 35 heavy (non-hydrogen) atoms. The van der Waals surface area contributed by atoms with Gasteiger partial charge in [0.25, 0.3) is 5.91 Å². The van der Waals surface area contributed by atoms with E-state index in [1.54, 1.807) is 53.9 Å². The smallest absolute Gasteiger partial charge is 0.309 e. The Labute approximate surface area is 208 Å². The molecule has 0 bridgehead atoms. The summed E-state index contributed by atoms with van der Waals surface area (Å²) >= 11 is 1.16. The predicted octanol–water partition coefficient (Wildman–Crippen LogP) is 4.10. The van der Waals surface area contributed by atoms with Crippen molar-refractivity contribution in [3.63, 3.8) is 0 Å². The van der Waals surface area contributed by atoms with E-state index in [1.165, 1.54) is 0 Å². The highest BCUT2D eigenvalue weighted by molar-refractivity contribution is 7.89. The lowest BCUT2D eigenvalue weighted by Crippen LogP contribution is -2.25. The number of hydrogen-bond donors (Lipinski definition) is 4. The number of benzene rings is 2. The van der Waals surface area contributed by atoms with Gasteiger partial charge in [-0.2, -0.15) is 0 Å². The average Bonchev–Trinajstić information content (AvgIpc) is 3.27. The van der Waals surface area contributed by atoms with E-state index >= 15 is 0 Å². The maximum Gasteiger partial charge on any atom is 0.309 e. The molecule has 9 nitrogen and oxygen atoms in total. The fraction of sp³-hybridized carbons (Fsp3) is 0.292. The van der Waals surface area contributed by atoms with Crippen LogP contribution in [0.4, 0.5) is 10.8 Å². The first-order valence-electron chi connectivity index (χ1n) is 11.2. The number of nitrogens with one attached hydrogen (secondary N) is 3. The third-order valence-electron chi connectivity index (χ3n) is 5.05. The summed E-state index contributed by atoms with van der Waals surface area (Å²) in [7, 11) is -3.63. The SMILES string of the molecule is CCCCCNS(=O)(=O)c1ccccc1NCc1ccc(C(=O)Nc2nc(CC(=O)O)cs2)cc1. The van der Waals surface area contributed by atoms with Crippen LogP contribution in [0.5, 0.6) is 0 Å². The highest BCUT2D eigenvalue weighted by Crippen LogP contribution is 2.22. The molecule has 0 radical (unpaired) electrons. The number of carbonyl (C=O) groups is 2. The van der Waals surface area contributed by atoms with Gasteiger partial charge in [0.15, 0.2) is 5.13 Å². The molecule has 2 aromatic carbocycles. The van der Waals surface area contributed by atoms with E-state index in [4.69, 9.17) is 5.11 Å². The molecule has 0 saturated heterocycles. The molecular weight excluding hydrogens is 488 g/mol. The Hall–Kier alpha value is -3.28. The summed E-state index contributed by atoms with van der Waals surface area (Å²) in [5.74, 6) is -1.34. The Morgan fingerprint density at radius 3 is 2.51 bits per heavy atom. The normalized spacial score (nSPS) is 11.2. The van der Waals surface area contributed by atoms with E-state index in [0.29, 0.717) is 35.2 Å². The lowest BCUT2D eigenvalue weighted by Gasteiger charge is -2.13. The molecular formula is C24H28N4O5S2. The number of aromatic nitrogens is 1. The molecule has 0 spiro atoms. The van der Waals surface area contributed by atoms with Gasteiger partial charge in [-0.1, -0.05) is 44.0 Å². The van der Waals surface area contributed by atoms with E-state index in [0.717, 1.165) is 36.2 Å². The number of aliphatic carboxylic acids is 1. The van der Waals surface area contributed by atoms with Crippen molar-refractivity contribution in [1.82, 2.24) is 9.71 Å². The van der Waals surface area contributed by atoms with Gasteiger partial charge in [0.1, 0.15) is 4.90 Å². The van der Waals surface area contributed by atoms with Gasteiger partial charge < -0.3 is 10.4 Å². The zero-order valence-electron chi connectivity index (χ0n) is 19.3. The van der Waals surface area contributed by atoms with E-state index in [2.05, 4.69) is 27.3 Å². The number of amides is 1. The van der Waals surface area contributed by atoms with Crippen LogP contribution in [0.2, 0.25) is 0 Å². The topological polar surface area (TPSA) is 137 Å². The summed E-state index contributed by atoms with van der Waals surface area (Å²) in [6, 6.07) is 13.6. The Kier molecular flexibility index (Phi) is 9.35. The summed E-state index contributed by atoms with van der Waals surface area (Å²) in [6.07, 6.45) is 2.57. The fourth-order valence-corrected chi connectivity index (χ4v) is 5.21. The Balaban J connectivity index is 1.59. The zero-order valence-corrected chi connectivity index (χ0v) is 20.9. The first-order valence-corrected chi connectivity index (χ1v) is 13.5. The molecule has 1 aromatic heterocycles. The number of rotatable bonds is 13. The maximum absolute atomic E-state index is 12.7. The van der Waals surface area contributed by atoms with Crippen LogP contribution in [0.3, 0.4) is 0 Å². The minimum absolute atomic E-state index is 0.193. The van der Waals surface area contributed by atoms with Gasteiger partial charge in [-0.05, 0) is 36.2 Å². The molecule has 0 aliphatic rings. The Morgan fingerprint density at radius 2 is 1.80 bits per heavy atom. The fourth-order valence-electron chi connectivity index (χ4n) is 3.25. The Bertz CT molecular complexity index is 1260. The summed E-state index contributed by atoms with van der Waals surface area (Å²) in [5.41, 5.74) is 2.17. The van der Waals surface area contributed by atoms with Crippen molar-refractivity contribution in [3.8, 4) is 0 Å². The molecule has 1 heterocycles. The molecule has 3 rings (SSSR count). The summed E-state index contributed by atoms with van der Waals surface area (Å²) in [5, 5.41) is 16.6. The van der Waals surface area contributed by atoms with Gasteiger partial charge in [-0.3, -0.25) is 14.9 Å². The minimum atomic E-state index is -3.63.